The first-order valence-electron chi connectivity index (χ1n) is 8.15. The van der Waals surface area contributed by atoms with Crippen LogP contribution in [0.15, 0.2) is 70.2 Å². The molecule has 3 rings (SSSR count). The first kappa shape index (κ1) is 19.2. The lowest BCUT2D eigenvalue weighted by Gasteiger charge is -2.04. The van der Waals surface area contributed by atoms with Crippen LogP contribution in [0.4, 0.5) is 0 Å². The number of halogens is 1. The van der Waals surface area contributed by atoms with E-state index in [1.807, 2.05) is 0 Å². The van der Waals surface area contributed by atoms with Crippen LogP contribution in [0.2, 0.25) is 5.02 Å². The minimum Gasteiger partial charge on any atom is -0.484 e. The molecule has 7 nitrogen and oxygen atoms in total. The number of amides is 1. The Labute approximate surface area is 165 Å². The van der Waals surface area contributed by atoms with E-state index in [4.69, 9.17) is 25.9 Å². The maximum absolute atomic E-state index is 11.7. The van der Waals surface area contributed by atoms with E-state index in [0.717, 1.165) is 0 Å². The highest BCUT2D eigenvalue weighted by Crippen LogP contribution is 2.22. The van der Waals surface area contributed by atoms with Crippen LogP contribution in [0.1, 0.15) is 16.1 Å². The first-order valence-corrected chi connectivity index (χ1v) is 8.53. The number of ether oxygens (including phenoxy) is 1. The van der Waals surface area contributed by atoms with Gasteiger partial charge in [0.2, 0.25) is 0 Å². The van der Waals surface area contributed by atoms with Gasteiger partial charge in [0.1, 0.15) is 17.3 Å². The van der Waals surface area contributed by atoms with Crippen molar-refractivity contribution >= 4 is 29.7 Å². The van der Waals surface area contributed by atoms with Crippen LogP contribution < -0.4 is 10.2 Å². The summed E-state index contributed by atoms with van der Waals surface area (Å²) < 4.78 is 10.9. The number of nitrogens with one attached hydrogen (secondary N) is 1. The Morgan fingerprint density at radius 3 is 2.68 bits per heavy atom. The number of hydrogen-bond acceptors (Lipinski definition) is 5. The van der Waals surface area contributed by atoms with Crippen molar-refractivity contribution in [3.05, 3.63) is 77.0 Å². The molecule has 0 aliphatic carbocycles. The van der Waals surface area contributed by atoms with Crippen LogP contribution in [0.25, 0.3) is 11.3 Å². The van der Waals surface area contributed by atoms with Crippen LogP contribution in [-0.2, 0) is 4.79 Å². The minimum atomic E-state index is -1.02. The third kappa shape index (κ3) is 5.21. The van der Waals surface area contributed by atoms with Crippen LogP contribution in [0.5, 0.6) is 5.75 Å². The molecule has 0 saturated heterocycles. The van der Waals surface area contributed by atoms with Gasteiger partial charge in [0, 0.05) is 10.6 Å². The zero-order valence-corrected chi connectivity index (χ0v) is 15.2. The average molecular weight is 399 g/mol. The lowest BCUT2D eigenvalue weighted by atomic mass is 10.1. The Balaban J connectivity index is 1.53. The van der Waals surface area contributed by atoms with E-state index in [0.29, 0.717) is 27.9 Å². The molecule has 2 aromatic carbocycles. The summed E-state index contributed by atoms with van der Waals surface area (Å²) in [6.45, 7) is -0.204. The van der Waals surface area contributed by atoms with Gasteiger partial charge in [-0.05, 0) is 48.5 Å². The molecule has 1 amide bonds. The van der Waals surface area contributed by atoms with Crippen molar-refractivity contribution in [1.29, 1.82) is 0 Å². The molecule has 0 saturated carbocycles. The molecule has 0 fully saturated rings. The SMILES string of the molecule is O=C(COc1ccc(Cl)cc1)N/N=C/c1ccc(-c2cccc(C(=O)O)c2)o1. The normalized spacial score (nSPS) is 10.8. The van der Waals surface area contributed by atoms with Crippen molar-refractivity contribution in [3.63, 3.8) is 0 Å². The smallest absolute Gasteiger partial charge is 0.335 e. The summed E-state index contributed by atoms with van der Waals surface area (Å²) in [5, 5.41) is 13.4. The highest BCUT2D eigenvalue weighted by molar-refractivity contribution is 6.30. The predicted octanol–water partition coefficient (Wildman–Crippen LogP) is 3.83. The van der Waals surface area contributed by atoms with Gasteiger partial charge in [-0.15, -0.1) is 0 Å². The van der Waals surface area contributed by atoms with Crippen molar-refractivity contribution in [2.75, 3.05) is 6.61 Å². The molecule has 0 spiro atoms. The van der Waals surface area contributed by atoms with E-state index in [1.54, 1.807) is 48.5 Å². The van der Waals surface area contributed by atoms with Gasteiger partial charge in [0.25, 0.3) is 5.91 Å². The van der Waals surface area contributed by atoms with Gasteiger partial charge >= 0.3 is 5.97 Å². The zero-order chi connectivity index (χ0) is 19.9. The maximum Gasteiger partial charge on any atom is 0.335 e. The third-order valence-electron chi connectivity index (χ3n) is 3.59. The van der Waals surface area contributed by atoms with Gasteiger partial charge in [-0.25, -0.2) is 10.2 Å². The Morgan fingerprint density at radius 1 is 1.14 bits per heavy atom. The van der Waals surface area contributed by atoms with E-state index in [9.17, 15) is 9.59 Å². The van der Waals surface area contributed by atoms with Crippen LogP contribution >= 0.6 is 11.6 Å². The summed E-state index contributed by atoms with van der Waals surface area (Å²) in [7, 11) is 0. The topological polar surface area (TPSA) is 101 Å². The number of rotatable bonds is 7. The number of carbonyl (C=O) groups is 2. The maximum atomic E-state index is 11.7. The number of hydrazone groups is 1. The minimum absolute atomic E-state index is 0.164. The van der Waals surface area contributed by atoms with Gasteiger partial charge in [-0.1, -0.05) is 23.7 Å². The lowest BCUT2D eigenvalue weighted by molar-refractivity contribution is -0.123. The fourth-order valence-corrected chi connectivity index (χ4v) is 2.39. The molecular weight excluding hydrogens is 384 g/mol. The summed E-state index contributed by atoms with van der Waals surface area (Å²) in [6, 6.07) is 16.4. The van der Waals surface area contributed by atoms with Gasteiger partial charge in [-0.3, -0.25) is 4.79 Å². The zero-order valence-electron chi connectivity index (χ0n) is 14.5. The molecule has 3 aromatic rings. The number of hydrogen-bond donors (Lipinski definition) is 2. The third-order valence-corrected chi connectivity index (χ3v) is 3.84. The lowest BCUT2D eigenvalue weighted by Crippen LogP contribution is -2.24. The monoisotopic (exact) mass is 398 g/mol. The van der Waals surface area contributed by atoms with Crippen molar-refractivity contribution in [1.82, 2.24) is 5.43 Å². The Kier molecular flexibility index (Phi) is 6.08. The molecule has 1 heterocycles. The van der Waals surface area contributed by atoms with Crippen LogP contribution in [0.3, 0.4) is 0 Å². The second-order valence-electron chi connectivity index (χ2n) is 5.62. The largest absolute Gasteiger partial charge is 0.484 e. The standard InChI is InChI=1S/C20H15ClN2O5/c21-15-4-6-16(7-5-15)27-12-19(24)23-22-11-17-8-9-18(28-17)13-2-1-3-14(10-13)20(25)26/h1-11H,12H2,(H,23,24)(H,25,26)/b22-11+. The second kappa shape index (κ2) is 8.88. The highest BCUT2D eigenvalue weighted by atomic mass is 35.5. The predicted molar refractivity (Wildman–Crippen MR) is 104 cm³/mol. The fourth-order valence-electron chi connectivity index (χ4n) is 2.26. The molecule has 0 atom stereocenters. The number of carboxylic acid groups (broad SMARTS) is 1. The van der Waals surface area contributed by atoms with Gasteiger partial charge in [-0.2, -0.15) is 5.10 Å². The Morgan fingerprint density at radius 2 is 1.93 bits per heavy atom. The summed E-state index contributed by atoms with van der Waals surface area (Å²) in [6.07, 6.45) is 1.34. The summed E-state index contributed by atoms with van der Waals surface area (Å²) in [5.74, 6) is -0.0507. The quantitative estimate of drug-likeness (QED) is 0.465. The number of aromatic carboxylic acids is 1. The molecule has 0 radical (unpaired) electrons. The van der Waals surface area contributed by atoms with Crippen LogP contribution in [-0.4, -0.2) is 29.8 Å². The first-order chi connectivity index (χ1) is 13.5. The van der Waals surface area contributed by atoms with E-state index in [-0.39, 0.29) is 12.2 Å². The molecule has 8 heteroatoms. The molecule has 0 aliphatic rings. The van der Waals surface area contributed by atoms with Crippen molar-refractivity contribution < 1.29 is 23.8 Å². The Bertz CT molecular complexity index is 1010. The van der Waals surface area contributed by atoms with Gasteiger partial charge < -0.3 is 14.3 Å². The molecule has 0 aliphatic heterocycles. The number of furan rings is 1. The van der Waals surface area contributed by atoms with Crippen molar-refractivity contribution in [2.45, 2.75) is 0 Å². The molecule has 0 unspecified atom stereocenters. The number of nitrogens with zero attached hydrogens (tertiary/aromatic N) is 1. The molecule has 1 aromatic heterocycles. The van der Waals surface area contributed by atoms with E-state index in [1.165, 1.54) is 18.3 Å². The summed E-state index contributed by atoms with van der Waals surface area (Å²) in [4.78, 5) is 22.8. The average Bonchev–Trinajstić information content (AvgIpc) is 3.16. The van der Waals surface area contributed by atoms with E-state index < -0.39 is 11.9 Å². The highest BCUT2D eigenvalue weighted by Gasteiger charge is 2.08. The summed E-state index contributed by atoms with van der Waals surface area (Å²) in [5.41, 5.74) is 3.12. The molecule has 142 valence electrons. The number of carboxylic acids is 1. The second-order valence-corrected chi connectivity index (χ2v) is 6.06. The Hall–Kier alpha value is -3.58. The van der Waals surface area contributed by atoms with Crippen molar-refractivity contribution in [3.8, 4) is 17.1 Å². The molecular formula is C20H15ClN2O5. The molecule has 0 bridgehead atoms. The molecule has 28 heavy (non-hydrogen) atoms. The summed E-state index contributed by atoms with van der Waals surface area (Å²) >= 11 is 5.77. The fraction of sp³-hybridized carbons (Fsp3) is 0.0500. The molecule has 2 N–H and O–H groups in total. The van der Waals surface area contributed by atoms with Gasteiger partial charge in [0.05, 0.1) is 11.8 Å². The van der Waals surface area contributed by atoms with E-state index in [2.05, 4.69) is 10.5 Å². The van der Waals surface area contributed by atoms with Gasteiger partial charge in [0.15, 0.2) is 6.61 Å². The van der Waals surface area contributed by atoms with Crippen LogP contribution in [0, 0.1) is 0 Å². The number of carbonyl (C=O) groups excluding carboxylic acids is 1. The number of benzene rings is 2. The van der Waals surface area contributed by atoms with Crippen molar-refractivity contribution in [2.24, 2.45) is 5.10 Å². The van der Waals surface area contributed by atoms with E-state index >= 15 is 0 Å².